The van der Waals surface area contributed by atoms with Crippen LogP contribution in [0.25, 0.3) is 5.65 Å². The summed E-state index contributed by atoms with van der Waals surface area (Å²) < 4.78 is 1.86. The van der Waals surface area contributed by atoms with E-state index < -0.39 is 0 Å². The predicted octanol–water partition coefficient (Wildman–Crippen LogP) is 1.23. The molecule has 1 aliphatic rings. The van der Waals surface area contributed by atoms with Gasteiger partial charge in [0, 0.05) is 37.6 Å². The Labute approximate surface area is 107 Å². The van der Waals surface area contributed by atoms with Crippen LogP contribution in [0.4, 0.5) is 5.82 Å². The summed E-state index contributed by atoms with van der Waals surface area (Å²) in [5.74, 6) is 1.03. The number of rotatable bonds is 1. The molecule has 2 aromatic heterocycles. The third kappa shape index (κ3) is 1.95. The smallest absolute Gasteiger partial charge is 0.156 e. The van der Waals surface area contributed by atoms with Gasteiger partial charge in [-0.1, -0.05) is 0 Å². The van der Waals surface area contributed by atoms with E-state index in [1.807, 2.05) is 10.7 Å². The molecule has 0 radical (unpaired) electrons. The minimum absolute atomic E-state index is 0.137. The Hall–Kier alpha value is -1.62. The van der Waals surface area contributed by atoms with E-state index in [1.165, 1.54) is 5.56 Å². The lowest BCUT2D eigenvalue weighted by Crippen LogP contribution is -2.57. The Bertz CT molecular complexity index is 572. The van der Waals surface area contributed by atoms with Crippen molar-refractivity contribution < 1.29 is 0 Å². The molecule has 1 saturated heterocycles. The number of piperazine rings is 1. The van der Waals surface area contributed by atoms with Gasteiger partial charge in [-0.15, -0.1) is 5.10 Å². The molecule has 0 saturated carbocycles. The average molecular weight is 245 g/mol. The van der Waals surface area contributed by atoms with Gasteiger partial charge in [0.1, 0.15) is 5.82 Å². The molecule has 5 heteroatoms. The molecule has 0 unspecified atom stereocenters. The summed E-state index contributed by atoms with van der Waals surface area (Å²) in [6, 6.07) is 2.13. The van der Waals surface area contributed by atoms with Gasteiger partial charge in [0.05, 0.1) is 0 Å². The first-order valence-corrected chi connectivity index (χ1v) is 6.36. The maximum atomic E-state index is 4.64. The summed E-state index contributed by atoms with van der Waals surface area (Å²) in [5, 5.41) is 8.15. The van der Waals surface area contributed by atoms with Crippen molar-refractivity contribution in [3.05, 3.63) is 24.0 Å². The molecule has 1 aliphatic heterocycles. The molecule has 0 amide bonds. The van der Waals surface area contributed by atoms with Gasteiger partial charge in [-0.2, -0.15) is 0 Å². The van der Waals surface area contributed by atoms with Crippen molar-refractivity contribution in [1.29, 1.82) is 0 Å². The van der Waals surface area contributed by atoms with Crippen LogP contribution in [0.15, 0.2) is 18.5 Å². The molecule has 96 valence electrons. The molecule has 0 aromatic carbocycles. The second-order valence-corrected chi connectivity index (χ2v) is 5.61. The normalized spacial score (nSPS) is 19.4. The zero-order chi connectivity index (χ0) is 12.8. The van der Waals surface area contributed by atoms with Crippen molar-refractivity contribution in [2.45, 2.75) is 26.3 Å². The quantitative estimate of drug-likeness (QED) is 0.820. The number of anilines is 1. The number of hydrogen-bond donors (Lipinski definition) is 1. The Morgan fingerprint density at radius 2 is 2.22 bits per heavy atom. The zero-order valence-corrected chi connectivity index (χ0v) is 11.1. The van der Waals surface area contributed by atoms with Gasteiger partial charge in [-0.3, -0.25) is 0 Å². The summed E-state index contributed by atoms with van der Waals surface area (Å²) in [6.07, 6.45) is 3.69. The van der Waals surface area contributed by atoms with E-state index in [9.17, 15) is 0 Å². The highest BCUT2D eigenvalue weighted by atomic mass is 15.3. The highest BCUT2D eigenvalue weighted by molar-refractivity contribution is 5.53. The second-order valence-electron chi connectivity index (χ2n) is 5.61. The Morgan fingerprint density at radius 3 is 3.00 bits per heavy atom. The highest BCUT2D eigenvalue weighted by Gasteiger charge is 2.26. The number of fused-ring (bicyclic) bond motifs is 1. The summed E-state index contributed by atoms with van der Waals surface area (Å²) >= 11 is 0. The molecule has 1 N–H and O–H groups in total. The van der Waals surface area contributed by atoms with Crippen LogP contribution >= 0.6 is 0 Å². The van der Waals surface area contributed by atoms with E-state index in [0.29, 0.717) is 0 Å². The third-order valence-electron chi connectivity index (χ3n) is 3.43. The Morgan fingerprint density at radius 1 is 1.39 bits per heavy atom. The minimum atomic E-state index is 0.137. The lowest BCUT2D eigenvalue weighted by molar-refractivity contribution is 0.351. The van der Waals surface area contributed by atoms with E-state index in [0.717, 1.165) is 31.1 Å². The monoisotopic (exact) mass is 245 g/mol. The summed E-state index contributed by atoms with van der Waals surface area (Å²) in [6.45, 7) is 9.50. The topological polar surface area (TPSA) is 45.5 Å². The van der Waals surface area contributed by atoms with E-state index >= 15 is 0 Å². The number of imidazole rings is 1. The van der Waals surface area contributed by atoms with E-state index in [1.54, 1.807) is 6.20 Å². The van der Waals surface area contributed by atoms with Crippen LogP contribution in [0.2, 0.25) is 0 Å². The van der Waals surface area contributed by atoms with Crippen molar-refractivity contribution in [2.75, 3.05) is 24.5 Å². The molecule has 2 aromatic rings. The first kappa shape index (κ1) is 11.5. The largest absolute Gasteiger partial charge is 0.352 e. The van der Waals surface area contributed by atoms with Gasteiger partial charge in [-0.05, 0) is 32.4 Å². The van der Waals surface area contributed by atoms with Gasteiger partial charge in [0.2, 0.25) is 0 Å². The van der Waals surface area contributed by atoms with Gasteiger partial charge in [0.15, 0.2) is 5.65 Å². The molecule has 0 aliphatic carbocycles. The van der Waals surface area contributed by atoms with Gasteiger partial charge < -0.3 is 10.2 Å². The van der Waals surface area contributed by atoms with Crippen LogP contribution in [0, 0.1) is 6.92 Å². The lowest BCUT2D eigenvalue weighted by atomic mass is 10.0. The Balaban J connectivity index is 1.98. The highest BCUT2D eigenvalue weighted by Crippen LogP contribution is 2.20. The van der Waals surface area contributed by atoms with Crippen LogP contribution in [0.1, 0.15) is 19.4 Å². The van der Waals surface area contributed by atoms with Crippen molar-refractivity contribution in [2.24, 2.45) is 0 Å². The number of nitrogens with one attached hydrogen (secondary N) is 1. The fourth-order valence-corrected chi connectivity index (χ4v) is 2.55. The number of hydrogen-bond acceptors (Lipinski definition) is 4. The standard InChI is InChI=1S/C13H19N5/c1-10-8-11(16-18-7-4-14-12(10)18)17-6-5-15-13(2,3)9-17/h4,7-8,15H,5-6,9H2,1-3H3. The summed E-state index contributed by atoms with van der Waals surface area (Å²) in [5.41, 5.74) is 2.24. The molecular formula is C13H19N5. The predicted molar refractivity (Wildman–Crippen MR) is 72.0 cm³/mol. The second kappa shape index (κ2) is 3.95. The van der Waals surface area contributed by atoms with Crippen LogP contribution in [-0.4, -0.2) is 39.8 Å². The van der Waals surface area contributed by atoms with Crippen molar-refractivity contribution in [3.8, 4) is 0 Å². The fraction of sp³-hybridized carbons (Fsp3) is 0.538. The number of aryl methyl sites for hydroxylation is 1. The Kier molecular flexibility index (Phi) is 2.52. The first-order valence-electron chi connectivity index (χ1n) is 6.36. The molecular weight excluding hydrogens is 226 g/mol. The maximum absolute atomic E-state index is 4.64. The van der Waals surface area contributed by atoms with Gasteiger partial charge >= 0.3 is 0 Å². The van der Waals surface area contributed by atoms with Crippen LogP contribution in [0.5, 0.6) is 0 Å². The van der Waals surface area contributed by atoms with E-state index in [2.05, 4.69) is 47.1 Å². The summed E-state index contributed by atoms with van der Waals surface area (Å²) in [4.78, 5) is 6.64. The molecule has 3 rings (SSSR count). The van der Waals surface area contributed by atoms with Gasteiger partial charge in [0.25, 0.3) is 0 Å². The molecule has 5 nitrogen and oxygen atoms in total. The van der Waals surface area contributed by atoms with E-state index in [4.69, 9.17) is 0 Å². The molecule has 0 bridgehead atoms. The van der Waals surface area contributed by atoms with Gasteiger partial charge in [-0.25, -0.2) is 9.50 Å². The molecule has 3 heterocycles. The van der Waals surface area contributed by atoms with Crippen LogP contribution in [0.3, 0.4) is 0 Å². The third-order valence-corrected chi connectivity index (χ3v) is 3.43. The number of aromatic nitrogens is 3. The SMILES string of the molecule is Cc1cc(N2CCNC(C)(C)C2)nn2ccnc12. The first-order chi connectivity index (χ1) is 8.55. The molecule has 18 heavy (non-hydrogen) atoms. The van der Waals surface area contributed by atoms with E-state index in [-0.39, 0.29) is 5.54 Å². The fourth-order valence-electron chi connectivity index (χ4n) is 2.55. The zero-order valence-electron chi connectivity index (χ0n) is 11.1. The molecule has 1 fully saturated rings. The average Bonchev–Trinajstić information content (AvgIpc) is 2.76. The van der Waals surface area contributed by atoms with Crippen LogP contribution in [-0.2, 0) is 0 Å². The minimum Gasteiger partial charge on any atom is -0.352 e. The van der Waals surface area contributed by atoms with Crippen LogP contribution < -0.4 is 10.2 Å². The molecule has 0 spiro atoms. The number of nitrogens with zero attached hydrogens (tertiary/aromatic N) is 4. The van der Waals surface area contributed by atoms with Crippen molar-refractivity contribution in [1.82, 2.24) is 19.9 Å². The lowest BCUT2D eigenvalue weighted by Gasteiger charge is -2.39. The summed E-state index contributed by atoms with van der Waals surface area (Å²) in [7, 11) is 0. The molecule has 0 atom stereocenters. The van der Waals surface area contributed by atoms with Crippen molar-refractivity contribution in [3.63, 3.8) is 0 Å². The maximum Gasteiger partial charge on any atom is 0.156 e. The van der Waals surface area contributed by atoms with Crippen molar-refractivity contribution >= 4 is 11.5 Å².